The molecule has 1 aliphatic heterocycles. The third-order valence-corrected chi connectivity index (χ3v) is 6.51. The minimum atomic E-state index is -0.551. The molecule has 1 saturated heterocycles. The van der Waals surface area contributed by atoms with Crippen molar-refractivity contribution in [2.45, 2.75) is 37.8 Å². The molecule has 1 spiro atoms. The van der Waals surface area contributed by atoms with Crippen LogP contribution in [-0.4, -0.2) is 34.9 Å². The second-order valence-corrected chi connectivity index (χ2v) is 8.60. The molecule has 32 heavy (non-hydrogen) atoms. The van der Waals surface area contributed by atoms with E-state index in [1.54, 1.807) is 24.4 Å². The number of methoxy groups -OCH3 is 1. The molecule has 1 aliphatic carbocycles. The van der Waals surface area contributed by atoms with Gasteiger partial charge < -0.3 is 14.0 Å². The molecule has 7 nitrogen and oxygen atoms in total. The van der Waals surface area contributed by atoms with E-state index < -0.39 is 11.4 Å². The Labute approximate surface area is 185 Å². The molecule has 2 fully saturated rings. The fourth-order valence-electron chi connectivity index (χ4n) is 5.01. The van der Waals surface area contributed by atoms with E-state index in [2.05, 4.69) is 9.83 Å². The number of hydrogen-bond acceptors (Lipinski definition) is 4. The lowest BCUT2D eigenvalue weighted by molar-refractivity contribution is 0.00439. The van der Waals surface area contributed by atoms with Crippen molar-refractivity contribution < 1.29 is 18.7 Å². The van der Waals surface area contributed by atoms with E-state index in [9.17, 15) is 9.18 Å². The van der Waals surface area contributed by atoms with E-state index in [1.165, 1.54) is 6.07 Å². The maximum atomic E-state index is 13.9. The average molecular weight is 434 g/mol. The van der Waals surface area contributed by atoms with Crippen molar-refractivity contribution in [1.29, 1.82) is 0 Å². The van der Waals surface area contributed by atoms with E-state index in [0.717, 1.165) is 36.9 Å². The third-order valence-electron chi connectivity index (χ3n) is 6.51. The molecular weight excluding hydrogens is 411 g/mol. The van der Waals surface area contributed by atoms with Crippen LogP contribution in [0.25, 0.3) is 15.9 Å². The summed E-state index contributed by atoms with van der Waals surface area (Å²) in [6.45, 7) is 8.36. The molecule has 2 aromatic carbocycles. The zero-order valence-electron chi connectivity index (χ0n) is 17.8. The molecule has 164 valence electrons. The lowest BCUT2D eigenvalue weighted by atomic mass is 9.78. The lowest BCUT2D eigenvalue weighted by Crippen LogP contribution is -2.40. The van der Waals surface area contributed by atoms with Crippen LogP contribution >= 0.6 is 0 Å². The van der Waals surface area contributed by atoms with Crippen molar-refractivity contribution in [2.24, 2.45) is 5.92 Å². The fraction of sp³-hybridized carbons (Fsp3) is 0.375. The van der Waals surface area contributed by atoms with Crippen LogP contribution in [0.3, 0.4) is 0 Å². The molecule has 5 rings (SSSR count). The predicted octanol–water partition coefficient (Wildman–Crippen LogP) is 5.32. The number of nitrogens with zero attached hydrogens (tertiary/aromatic N) is 4. The van der Waals surface area contributed by atoms with Gasteiger partial charge in [0.2, 0.25) is 5.69 Å². The molecule has 0 unspecified atom stereocenters. The maximum Gasteiger partial charge on any atom is 0.415 e. The quantitative estimate of drug-likeness (QED) is 0.522. The topological polar surface area (TPSA) is 61.0 Å². The Hall–Kier alpha value is -3.60. The van der Waals surface area contributed by atoms with E-state index in [1.807, 2.05) is 28.8 Å². The van der Waals surface area contributed by atoms with Gasteiger partial charge in [0.15, 0.2) is 0 Å². The first kappa shape index (κ1) is 20.3. The van der Waals surface area contributed by atoms with Crippen LogP contribution < -0.4 is 9.64 Å². The summed E-state index contributed by atoms with van der Waals surface area (Å²) in [6.07, 6.45) is 4.91. The molecule has 0 radical (unpaired) electrons. The third kappa shape index (κ3) is 3.54. The molecule has 2 heterocycles. The summed E-state index contributed by atoms with van der Waals surface area (Å²) in [5, 5.41) is 0. The Morgan fingerprint density at radius 2 is 2.25 bits per heavy atom. The number of carbonyl (C=O) groups excluding carboxylic acids is 1. The first-order valence-corrected chi connectivity index (χ1v) is 10.7. The Balaban J connectivity index is 1.35. The number of halogens is 1. The van der Waals surface area contributed by atoms with Crippen molar-refractivity contribution in [3.8, 4) is 5.75 Å². The van der Waals surface area contributed by atoms with Gasteiger partial charge in [-0.25, -0.2) is 19.0 Å². The second-order valence-electron chi connectivity index (χ2n) is 8.60. The summed E-state index contributed by atoms with van der Waals surface area (Å²) in [5.74, 6) is 0.422. The normalized spacial score (nSPS) is 22.8. The largest absolute Gasteiger partial charge is 0.497 e. The van der Waals surface area contributed by atoms with Crippen molar-refractivity contribution in [3.63, 3.8) is 0 Å². The van der Waals surface area contributed by atoms with Gasteiger partial charge in [-0.1, -0.05) is 6.07 Å². The standard InChI is InChI=1S/C24H23FN4O3/c1-26-20-11-22-21(10-19(20)25)27-15-28(22)13-16-5-4-8-24(12-16)14-29(23(30)32-24)17-6-3-7-18(9-17)31-2/h3,6-7,9-11,15-16H,4-5,8,12-14H2,2H3/t16-,24-/m0/s1. The average Bonchev–Trinajstić information content (AvgIpc) is 3.33. The SMILES string of the molecule is [C-]#[N+]c1cc2c(cc1F)ncn2C[C@H]1CCC[C@]2(C1)CN(c1cccc(OC)c1)C(=O)O2. The molecule has 8 heteroatoms. The molecule has 1 saturated carbocycles. The predicted molar refractivity (Wildman–Crippen MR) is 117 cm³/mol. The molecule has 3 aromatic rings. The van der Waals surface area contributed by atoms with Crippen molar-refractivity contribution in [3.05, 3.63) is 60.0 Å². The summed E-state index contributed by atoms with van der Waals surface area (Å²) in [6, 6.07) is 10.3. The van der Waals surface area contributed by atoms with Crippen molar-refractivity contribution >= 4 is 28.5 Å². The Morgan fingerprint density at radius 1 is 1.38 bits per heavy atom. The zero-order chi connectivity index (χ0) is 22.3. The Morgan fingerprint density at radius 3 is 3.06 bits per heavy atom. The first-order valence-electron chi connectivity index (χ1n) is 10.7. The number of fused-ring (bicyclic) bond motifs is 1. The summed E-state index contributed by atoms with van der Waals surface area (Å²) in [4.78, 5) is 22.0. The highest BCUT2D eigenvalue weighted by atomic mass is 19.1. The van der Waals surface area contributed by atoms with E-state index in [0.29, 0.717) is 24.4 Å². The van der Waals surface area contributed by atoms with Crippen LogP contribution in [0.15, 0.2) is 42.7 Å². The van der Waals surface area contributed by atoms with Gasteiger partial charge in [0.1, 0.15) is 17.2 Å². The van der Waals surface area contributed by atoms with Gasteiger partial charge in [-0.05, 0) is 55.9 Å². The number of benzene rings is 2. The lowest BCUT2D eigenvalue weighted by Gasteiger charge is -2.36. The van der Waals surface area contributed by atoms with E-state index >= 15 is 0 Å². The number of carbonyl (C=O) groups is 1. The number of amides is 1. The highest BCUT2D eigenvalue weighted by molar-refractivity contribution is 5.90. The number of hydrogen-bond donors (Lipinski definition) is 0. The van der Waals surface area contributed by atoms with Crippen LogP contribution in [-0.2, 0) is 11.3 Å². The number of rotatable bonds is 4. The van der Waals surface area contributed by atoms with Crippen LogP contribution in [0.4, 0.5) is 20.6 Å². The molecule has 2 atom stereocenters. The number of anilines is 1. The summed E-state index contributed by atoms with van der Waals surface area (Å²) >= 11 is 0. The number of aromatic nitrogens is 2. The van der Waals surface area contributed by atoms with Crippen LogP contribution in [0, 0.1) is 18.3 Å². The monoisotopic (exact) mass is 434 g/mol. The van der Waals surface area contributed by atoms with E-state index in [4.69, 9.17) is 16.0 Å². The van der Waals surface area contributed by atoms with Gasteiger partial charge in [-0.2, -0.15) is 0 Å². The molecule has 2 aliphatic rings. The maximum absolute atomic E-state index is 13.9. The smallest absolute Gasteiger partial charge is 0.415 e. The molecule has 0 bridgehead atoms. The van der Waals surface area contributed by atoms with Gasteiger partial charge in [-0.15, -0.1) is 0 Å². The van der Waals surface area contributed by atoms with Crippen LogP contribution in [0.2, 0.25) is 0 Å². The summed E-state index contributed by atoms with van der Waals surface area (Å²) < 4.78 is 27.1. The number of imidazole rings is 1. The fourth-order valence-corrected chi connectivity index (χ4v) is 5.01. The van der Waals surface area contributed by atoms with Crippen molar-refractivity contribution in [1.82, 2.24) is 9.55 Å². The second kappa shape index (κ2) is 7.83. The van der Waals surface area contributed by atoms with Crippen LogP contribution in [0.1, 0.15) is 25.7 Å². The number of ether oxygens (including phenoxy) is 2. The van der Waals surface area contributed by atoms with Gasteiger partial charge in [0.05, 0.1) is 43.3 Å². The highest BCUT2D eigenvalue weighted by Gasteiger charge is 2.48. The molecule has 1 amide bonds. The zero-order valence-corrected chi connectivity index (χ0v) is 17.8. The van der Waals surface area contributed by atoms with E-state index in [-0.39, 0.29) is 17.7 Å². The Bertz CT molecular complexity index is 1230. The van der Waals surface area contributed by atoms with Gasteiger partial charge >= 0.3 is 6.09 Å². The minimum Gasteiger partial charge on any atom is -0.497 e. The molecule has 1 aromatic heterocycles. The van der Waals surface area contributed by atoms with Gasteiger partial charge in [-0.3, -0.25) is 4.90 Å². The summed E-state index contributed by atoms with van der Waals surface area (Å²) in [7, 11) is 1.60. The minimum absolute atomic E-state index is 0.00183. The molecular formula is C24H23FN4O3. The first-order chi connectivity index (χ1) is 15.5. The summed E-state index contributed by atoms with van der Waals surface area (Å²) in [5.41, 5.74) is 1.53. The molecule has 0 N–H and O–H groups in total. The van der Waals surface area contributed by atoms with Gasteiger partial charge in [0, 0.05) is 12.6 Å². The highest BCUT2D eigenvalue weighted by Crippen LogP contribution is 2.42. The van der Waals surface area contributed by atoms with Gasteiger partial charge in [0.25, 0.3) is 0 Å². The van der Waals surface area contributed by atoms with Crippen molar-refractivity contribution in [2.75, 3.05) is 18.6 Å². The van der Waals surface area contributed by atoms with Crippen LogP contribution in [0.5, 0.6) is 5.75 Å². The Kier molecular flexibility index (Phi) is 4.97.